The van der Waals surface area contributed by atoms with Gasteiger partial charge in [-0.15, -0.1) is 0 Å². The van der Waals surface area contributed by atoms with Gasteiger partial charge in [-0.1, -0.05) is 0 Å². The second-order valence-corrected chi connectivity index (χ2v) is 6.73. The maximum Gasteiger partial charge on any atom is 0.509 e. The summed E-state index contributed by atoms with van der Waals surface area (Å²) < 4.78 is 33.0. The summed E-state index contributed by atoms with van der Waals surface area (Å²) >= 11 is 0. The maximum atomic E-state index is 11.6. The highest BCUT2D eigenvalue weighted by atomic mass is 16.8. The van der Waals surface area contributed by atoms with E-state index >= 15 is 0 Å². The average molecular weight is 362 g/mol. The minimum Gasteiger partial charge on any atom is -0.461 e. The quantitative estimate of drug-likeness (QED) is 0.606. The van der Waals surface area contributed by atoms with Gasteiger partial charge in [-0.05, 0) is 32.0 Å². The number of carbonyl (C=O) groups is 1. The Morgan fingerprint density at radius 3 is 2.54 bits per heavy atom. The number of hydrogen-bond acceptors (Lipinski definition) is 8. The third-order valence-electron chi connectivity index (χ3n) is 4.56. The molecule has 0 saturated carbocycles. The van der Waals surface area contributed by atoms with Crippen LogP contribution in [0.15, 0.2) is 39.5 Å². The van der Waals surface area contributed by atoms with Crippen LogP contribution in [0.3, 0.4) is 0 Å². The summed E-state index contributed by atoms with van der Waals surface area (Å²) in [5.74, 6) is 0.408. The first kappa shape index (κ1) is 16.9. The van der Waals surface area contributed by atoms with E-state index in [4.69, 9.17) is 28.1 Å². The molecule has 8 nitrogen and oxygen atoms in total. The smallest absolute Gasteiger partial charge is 0.461 e. The van der Waals surface area contributed by atoms with E-state index in [-0.39, 0.29) is 0 Å². The van der Waals surface area contributed by atoms with Crippen LogP contribution in [0.25, 0.3) is 11.0 Å². The highest BCUT2D eigenvalue weighted by Gasteiger charge is 2.58. The zero-order valence-corrected chi connectivity index (χ0v) is 14.5. The van der Waals surface area contributed by atoms with Crippen molar-refractivity contribution in [1.82, 2.24) is 0 Å². The van der Waals surface area contributed by atoms with Crippen molar-refractivity contribution in [3.63, 3.8) is 0 Å². The van der Waals surface area contributed by atoms with Crippen LogP contribution >= 0.6 is 0 Å². The van der Waals surface area contributed by atoms with Gasteiger partial charge in [-0.3, -0.25) is 0 Å². The van der Waals surface area contributed by atoms with Crippen LogP contribution in [0.2, 0.25) is 0 Å². The molecule has 138 valence electrons. The number of benzene rings is 1. The lowest BCUT2D eigenvalue weighted by atomic mass is 9.89. The second kappa shape index (κ2) is 6.00. The summed E-state index contributed by atoms with van der Waals surface area (Å²) in [5, 5.41) is 0.759. The number of methoxy groups -OCH3 is 1. The molecule has 0 radical (unpaired) electrons. The molecule has 8 heteroatoms. The van der Waals surface area contributed by atoms with Gasteiger partial charge in [0.1, 0.15) is 17.4 Å². The zero-order chi connectivity index (χ0) is 18.5. The molecule has 0 spiro atoms. The van der Waals surface area contributed by atoms with E-state index in [0.717, 1.165) is 5.39 Å². The number of ether oxygens (including phenoxy) is 5. The Kier molecular flexibility index (Phi) is 3.89. The standard InChI is InChI=1S/C18H18O8/c1-18(2)15(21-3)13-14(25-17(20)24-13)16(26-18)22-10-6-4-9-5-7-12(19)23-11(9)8-10/h4-8,13-16H,1-3H3/t13-,14+,15?,16?/m1/s1. The summed E-state index contributed by atoms with van der Waals surface area (Å²) in [5.41, 5.74) is -0.847. The van der Waals surface area contributed by atoms with Crippen molar-refractivity contribution >= 4 is 17.1 Å². The van der Waals surface area contributed by atoms with E-state index in [1.54, 1.807) is 24.3 Å². The molecule has 1 aromatic heterocycles. The fourth-order valence-electron chi connectivity index (χ4n) is 3.42. The molecule has 0 N–H and O–H groups in total. The molecule has 26 heavy (non-hydrogen) atoms. The molecular weight excluding hydrogens is 344 g/mol. The van der Waals surface area contributed by atoms with E-state index < -0.39 is 42.0 Å². The SMILES string of the molecule is COC1[C@@H]2OC(=O)O[C@@H]2C(Oc2ccc3ccc(=O)oc3c2)OC1(C)C. The number of hydrogen-bond donors (Lipinski definition) is 0. The molecule has 0 bridgehead atoms. The van der Waals surface area contributed by atoms with Crippen LogP contribution in [0.1, 0.15) is 13.8 Å². The molecule has 2 aliphatic heterocycles. The van der Waals surface area contributed by atoms with Crippen LogP contribution in [-0.2, 0) is 18.9 Å². The molecule has 2 fully saturated rings. The van der Waals surface area contributed by atoms with Crippen molar-refractivity contribution < 1.29 is 32.9 Å². The van der Waals surface area contributed by atoms with E-state index in [0.29, 0.717) is 11.3 Å². The molecule has 2 aromatic rings. The van der Waals surface area contributed by atoms with Crippen LogP contribution in [0.5, 0.6) is 5.75 Å². The Hall–Kier alpha value is -2.58. The Labute approximate surface area is 148 Å². The van der Waals surface area contributed by atoms with Gasteiger partial charge in [0.2, 0.25) is 12.4 Å². The van der Waals surface area contributed by atoms with E-state index in [1.807, 2.05) is 13.8 Å². The fourth-order valence-corrected chi connectivity index (χ4v) is 3.42. The van der Waals surface area contributed by atoms with Crippen LogP contribution in [0, 0.1) is 0 Å². The molecule has 0 amide bonds. The molecule has 3 heterocycles. The zero-order valence-electron chi connectivity index (χ0n) is 14.5. The lowest BCUT2D eigenvalue weighted by Crippen LogP contribution is -2.62. The molecular formula is C18H18O8. The first-order valence-electron chi connectivity index (χ1n) is 8.16. The highest BCUT2D eigenvalue weighted by Crippen LogP contribution is 2.38. The van der Waals surface area contributed by atoms with Crippen molar-refractivity contribution in [3.8, 4) is 5.75 Å². The van der Waals surface area contributed by atoms with Crippen LogP contribution < -0.4 is 10.4 Å². The predicted molar refractivity (Wildman–Crippen MR) is 88.0 cm³/mol. The van der Waals surface area contributed by atoms with Crippen LogP contribution in [0.4, 0.5) is 4.79 Å². The van der Waals surface area contributed by atoms with Crippen molar-refractivity contribution in [2.24, 2.45) is 0 Å². The van der Waals surface area contributed by atoms with Gasteiger partial charge in [-0.25, -0.2) is 9.59 Å². The Bertz CT molecular complexity index is 901. The molecule has 4 atom stereocenters. The van der Waals surface area contributed by atoms with Gasteiger partial charge in [0.15, 0.2) is 6.10 Å². The van der Waals surface area contributed by atoms with Crippen molar-refractivity contribution in [2.45, 2.75) is 44.1 Å². The van der Waals surface area contributed by atoms with Gasteiger partial charge in [0, 0.05) is 24.6 Å². The molecule has 0 aliphatic carbocycles. The number of rotatable bonds is 3. The minimum absolute atomic E-state index is 0.385. The van der Waals surface area contributed by atoms with Crippen LogP contribution in [-0.4, -0.2) is 43.5 Å². The van der Waals surface area contributed by atoms with Gasteiger partial charge < -0.3 is 28.1 Å². The summed E-state index contributed by atoms with van der Waals surface area (Å²) in [6.45, 7) is 3.64. The Morgan fingerprint density at radius 1 is 1.04 bits per heavy atom. The van der Waals surface area contributed by atoms with Gasteiger partial charge in [0.25, 0.3) is 0 Å². The summed E-state index contributed by atoms with van der Waals surface area (Å²) in [7, 11) is 1.52. The fraction of sp³-hybridized carbons (Fsp3) is 0.444. The first-order chi connectivity index (χ1) is 12.4. The Morgan fingerprint density at radius 2 is 1.77 bits per heavy atom. The minimum atomic E-state index is -0.902. The molecule has 2 saturated heterocycles. The molecule has 2 aliphatic rings. The highest BCUT2D eigenvalue weighted by molar-refractivity contribution is 5.77. The normalized spacial score (nSPS) is 29.7. The molecule has 4 rings (SSSR count). The average Bonchev–Trinajstić information content (AvgIpc) is 2.95. The number of carbonyl (C=O) groups excluding carboxylic acids is 1. The third-order valence-corrected chi connectivity index (χ3v) is 4.56. The lowest BCUT2D eigenvalue weighted by molar-refractivity contribution is -0.282. The Balaban J connectivity index is 1.64. The van der Waals surface area contributed by atoms with Gasteiger partial charge >= 0.3 is 11.8 Å². The largest absolute Gasteiger partial charge is 0.509 e. The third kappa shape index (κ3) is 2.81. The molecule has 1 aromatic carbocycles. The summed E-state index contributed by atoms with van der Waals surface area (Å²) in [6, 6.07) is 8.07. The second-order valence-electron chi connectivity index (χ2n) is 6.73. The van der Waals surface area contributed by atoms with Crippen molar-refractivity contribution in [3.05, 3.63) is 40.8 Å². The number of fused-ring (bicyclic) bond motifs is 2. The topological polar surface area (TPSA) is 93.4 Å². The van der Waals surface area contributed by atoms with E-state index in [9.17, 15) is 9.59 Å². The monoisotopic (exact) mass is 362 g/mol. The van der Waals surface area contributed by atoms with Crippen molar-refractivity contribution in [1.29, 1.82) is 0 Å². The molecule has 2 unspecified atom stereocenters. The van der Waals surface area contributed by atoms with Crippen molar-refractivity contribution in [2.75, 3.05) is 7.11 Å². The van der Waals surface area contributed by atoms with Gasteiger partial charge in [-0.2, -0.15) is 0 Å². The maximum absolute atomic E-state index is 11.6. The summed E-state index contributed by atoms with van der Waals surface area (Å²) in [4.78, 5) is 23.0. The van der Waals surface area contributed by atoms with E-state index in [1.165, 1.54) is 13.2 Å². The van der Waals surface area contributed by atoms with Gasteiger partial charge in [0.05, 0.1) is 5.60 Å². The summed E-state index contributed by atoms with van der Waals surface area (Å²) in [6.07, 6.45) is -3.63. The predicted octanol–water partition coefficient (Wildman–Crippen LogP) is 2.23. The van der Waals surface area contributed by atoms with E-state index in [2.05, 4.69) is 0 Å². The first-order valence-corrected chi connectivity index (χ1v) is 8.16. The lowest BCUT2D eigenvalue weighted by Gasteiger charge is -2.45.